The number of esters is 1. The van der Waals surface area contributed by atoms with Gasteiger partial charge in [-0.05, 0) is 22.9 Å². The third-order valence-electron chi connectivity index (χ3n) is 2.67. The molecule has 0 aliphatic carbocycles. The molecule has 0 atom stereocenters. The first-order valence-electron chi connectivity index (χ1n) is 6.59. The van der Waals surface area contributed by atoms with Crippen LogP contribution in [0.15, 0.2) is 36.4 Å². The van der Waals surface area contributed by atoms with Gasteiger partial charge in [-0.15, -0.1) is 5.54 Å². The van der Waals surface area contributed by atoms with Crippen molar-refractivity contribution in [2.75, 3.05) is 0 Å². The fourth-order valence-electron chi connectivity index (χ4n) is 1.81. The zero-order valence-corrected chi connectivity index (χ0v) is 13.3. The van der Waals surface area contributed by atoms with E-state index in [9.17, 15) is 4.79 Å². The van der Waals surface area contributed by atoms with Gasteiger partial charge in [0.1, 0.15) is 13.8 Å². The van der Waals surface area contributed by atoms with Crippen LogP contribution in [-0.4, -0.2) is 14.0 Å². The van der Waals surface area contributed by atoms with E-state index in [-0.39, 0.29) is 5.97 Å². The van der Waals surface area contributed by atoms with E-state index in [1.165, 1.54) is 6.92 Å². The minimum atomic E-state index is -1.47. The van der Waals surface area contributed by atoms with E-state index in [1.807, 2.05) is 36.4 Å². The first-order chi connectivity index (χ1) is 9.35. The van der Waals surface area contributed by atoms with Crippen LogP contribution in [0, 0.1) is 11.5 Å². The number of fused-ring (bicyclic) bond motifs is 1. The Labute approximate surface area is 120 Å². The van der Waals surface area contributed by atoms with Crippen LogP contribution in [0.5, 0.6) is 5.75 Å². The van der Waals surface area contributed by atoms with Crippen molar-refractivity contribution in [3.05, 3.63) is 42.0 Å². The lowest BCUT2D eigenvalue weighted by atomic mass is 10.1. The van der Waals surface area contributed by atoms with Crippen LogP contribution >= 0.6 is 0 Å². The molecule has 0 saturated carbocycles. The van der Waals surface area contributed by atoms with E-state index in [2.05, 4.69) is 31.1 Å². The molecule has 2 aromatic rings. The highest BCUT2D eigenvalue weighted by Gasteiger charge is 2.10. The van der Waals surface area contributed by atoms with Crippen LogP contribution in [0.4, 0.5) is 0 Å². The molecule has 0 aliphatic rings. The molecule has 0 fully saturated rings. The van der Waals surface area contributed by atoms with Gasteiger partial charge in [0.05, 0.1) is 5.56 Å². The van der Waals surface area contributed by atoms with Crippen LogP contribution in [0.25, 0.3) is 10.8 Å². The second-order valence-corrected chi connectivity index (χ2v) is 10.5. The molecule has 0 aromatic heterocycles. The van der Waals surface area contributed by atoms with Crippen molar-refractivity contribution < 1.29 is 9.53 Å². The quantitative estimate of drug-likeness (QED) is 0.342. The van der Waals surface area contributed by atoms with Crippen molar-refractivity contribution in [1.29, 1.82) is 0 Å². The Kier molecular flexibility index (Phi) is 3.96. The molecule has 0 unspecified atom stereocenters. The Hall–Kier alpha value is -2.05. The Morgan fingerprint density at radius 1 is 1.10 bits per heavy atom. The highest BCUT2D eigenvalue weighted by Crippen LogP contribution is 2.25. The molecule has 0 aliphatic heterocycles. The van der Waals surface area contributed by atoms with Gasteiger partial charge in [0, 0.05) is 6.92 Å². The maximum absolute atomic E-state index is 11.2. The highest BCUT2D eigenvalue weighted by molar-refractivity contribution is 6.83. The van der Waals surface area contributed by atoms with Crippen LogP contribution in [0.2, 0.25) is 19.6 Å². The second-order valence-electron chi connectivity index (χ2n) is 5.79. The molecule has 3 heteroatoms. The summed E-state index contributed by atoms with van der Waals surface area (Å²) in [6, 6.07) is 11.9. The highest BCUT2D eigenvalue weighted by atomic mass is 28.3. The summed E-state index contributed by atoms with van der Waals surface area (Å²) in [5.41, 5.74) is 4.09. The lowest BCUT2D eigenvalue weighted by Gasteiger charge is -2.08. The smallest absolute Gasteiger partial charge is 0.308 e. The van der Waals surface area contributed by atoms with Gasteiger partial charge < -0.3 is 4.74 Å². The molecule has 20 heavy (non-hydrogen) atoms. The summed E-state index contributed by atoms with van der Waals surface area (Å²) in [5, 5.41) is 2.14. The number of benzene rings is 2. The molecular weight excluding hydrogens is 264 g/mol. The molecule has 102 valence electrons. The standard InChI is InChI=1S/C17H18O2Si/c1-13(18)19-17-12-15-8-6-5-7-14(15)11-16(17)9-10-20(2,3)4/h5-8,11-12H,1-4H3. The largest absolute Gasteiger partial charge is 0.425 e. The minimum absolute atomic E-state index is 0.323. The molecule has 0 heterocycles. The first kappa shape index (κ1) is 14.4. The predicted octanol–water partition coefficient (Wildman–Crippen LogP) is 3.99. The normalized spacial score (nSPS) is 10.8. The third-order valence-corrected chi connectivity index (χ3v) is 3.55. The van der Waals surface area contributed by atoms with E-state index in [0.717, 1.165) is 16.3 Å². The zero-order valence-electron chi connectivity index (χ0n) is 12.3. The van der Waals surface area contributed by atoms with E-state index in [4.69, 9.17) is 4.74 Å². The van der Waals surface area contributed by atoms with E-state index in [0.29, 0.717) is 5.75 Å². The fourth-order valence-corrected chi connectivity index (χ4v) is 2.32. The van der Waals surface area contributed by atoms with Gasteiger partial charge in [0.2, 0.25) is 0 Å². The number of rotatable bonds is 1. The van der Waals surface area contributed by atoms with Gasteiger partial charge in [-0.25, -0.2) is 0 Å². The van der Waals surface area contributed by atoms with E-state index in [1.54, 1.807) is 0 Å². The average molecular weight is 282 g/mol. The van der Waals surface area contributed by atoms with Gasteiger partial charge in [-0.1, -0.05) is 49.8 Å². The Morgan fingerprint density at radius 3 is 2.25 bits per heavy atom. The number of ether oxygens (including phenoxy) is 1. The third kappa shape index (κ3) is 3.72. The van der Waals surface area contributed by atoms with E-state index >= 15 is 0 Å². The lowest BCUT2D eigenvalue weighted by molar-refractivity contribution is -0.131. The van der Waals surface area contributed by atoms with Crippen LogP contribution < -0.4 is 4.74 Å². The van der Waals surface area contributed by atoms with Crippen molar-refractivity contribution in [3.63, 3.8) is 0 Å². The Morgan fingerprint density at radius 2 is 1.70 bits per heavy atom. The van der Waals surface area contributed by atoms with Crippen LogP contribution in [-0.2, 0) is 4.79 Å². The molecule has 2 rings (SSSR count). The first-order valence-corrected chi connectivity index (χ1v) is 10.1. The van der Waals surface area contributed by atoms with Gasteiger partial charge >= 0.3 is 5.97 Å². The maximum atomic E-state index is 11.2. The van der Waals surface area contributed by atoms with Gasteiger partial charge in [0.15, 0.2) is 0 Å². The summed E-state index contributed by atoms with van der Waals surface area (Å²) in [4.78, 5) is 11.2. The summed E-state index contributed by atoms with van der Waals surface area (Å²) in [6.45, 7) is 7.97. The molecule has 0 spiro atoms. The molecule has 0 amide bonds. The fraction of sp³-hybridized carbons (Fsp3) is 0.235. The zero-order chi connectivity index (χ0) is 14.8. The van der Waals surface area contributed by atoms with Crippen molar-refractivity contribution in [3.8, 4) is 17.2 Å². The predicted molar refractivity (Wildman–Crippen MR) is 85.5 cm³/mol. The molecular formula is C17H18O2Si. The summed E-state index contributed by atoms with van der Waals surface area (Å²) in [7, 11) is -1.47. The lowest BCUT2D eigenvalue weighted by Crippen LogP contribution is -2.16. The summed E-state index contributed by atoms with van der Waals surface area (Å²) < 4.78 is 5.29. The Balaban J connectivity index is 2.58. The topological polar surface area (TPSA) is 26.3 Å². The van der Waals surface area contributed by atoms with Crippen molar-refractivity contribution >= 4 is 24.8 Å². The maximum Gasteiger partial charge on any atom is 0.308 e. The van der Waals surface area contributed by atoms with E-state index < -0.39 is 8.07 Å². The number of carbonyl (C=O) groups is 1. The monoisotopic (exact) mass is 282 g/mol. The molecule has 0 bridgehead atoms. The molecule has 0 radical (unpaired) electrons. The molecule has 0 saturated heterocycles. The van der Waals surface area contributed by atoms with Gasteiger partial charge in [0.25, 0.3) is 0 Å². The van der Waals surface area contributed by atoms with Crippen molar-refractivity contribution in [2.24, 2.45) is 0 Å². The summed E-state index contributed by atoms with van der Waals surface area (Å²) >= 11 is 0. The van der Waals surface area contributed by atoms with Crippen LogP contribution in [0.1, 0.15) is 12.5 Å². The van der Waals surface area contributed by atoms with Gasteiger partial charge in [-0.3, -0.25) is 4.79 Å². The molecule has 0 N–H and O–H groups in total. The minimum Gasteiger partial charge on any atom is -0.425 e. The molecule has 2 aromatic carbocycles. The van der Waals surface area contributed by atoms with Crippen molar-refractivity contribution in [1.82, 2.24) is 0 Å². The van der Waals surface area contributed by atoms with Gasteiger partial charge in [-0.2, -0.15) is 0 Å². The average Bonchev–Trinajstić information content (AvgIpc) is 2.34. The second kappa shape index (κ2) is 5.52. The summed E-state index contributed by atoms with van der Waals surface area (Å²) in [5.74, 6) is 3.41. The molecule has 2 nitrogen and oxygen atoms in total. The number of carbonyl (C=O) groups excluding carboxylic acids is 1. The number of hydrogen-bond donors (Lipinski definition) is 0. The van der Waals surface area contributed by atoms with Crippen molar-refractivity contribution in [2.45, 2.75) is 26.6 Å². The Bertz CT molecular complexity index is 715. The van der Waals surface area contributed by atoms with Crippen LogP contribution in [0.3, 0.4) is 0 Å². The SMILES string of the molecule is CC(=O)Oc1cc2ccccc2cc1C#C[Si](C)(C)C. The summed E-state index contributed by atoms with van der Waals surface area (Å²) in [6.07, 6.45) is 0. The number of hydrogen-bond acceptors (Lipinski definition) is 2.